The van der Waals surface area contributed by atoms with Crippen molar-refractivity contribution in [3.05, 3.63) is 36.0 Å². The van der Waals surface area contributed by atoms with Gasteiger partial charge in [0.15, 0.2) is 23.2 Å². The van der Waals surface area contributed by atoms with Gasteiger partial charge in [-0.3, -0.25) is 0 Å². The summed E-state index contributed by atoms with van der Waals surface area (Å²) in [5.74, 6) is 1.43. The molecule has 21 heavy (non-hydrogen) atoms. The van der Waals surface area contributed by atoms with Gasteiger partial charge in [-0.1, -0.05) is 4.68 Å². The minimum absolute atomic E-state index is 0.0582. The summed E-state index contributed by atoms with van der Waals surface area (Å²) in [5.41, 5.74) is 3.04. The maximum absolute atomic E-state index is 5.37. The molecule has 0 atom stereocenters. The van der Waals surface area contributed by atoms with Gasteiger partial charge in [-0.05, 0) is 31.2 Å². The number of hydrogen-bond acceptors (Lipinski definition) is 3. The van der Waals surface area contributed by atoms with Gasteiger partial charge < -0.3 is 9.47 Å². The minimum Gasteiger partial charge on any atom is -0.493 e. The second kappa shape index (κ2) is 5.72. The van der Waals surface area contributed by atoms with Gasteiger partial charge in [-0.2, -0.15) is 0 Å². The van der Waals surface area contributed by atoms with Gasteiger partial charge >= 0.3 is 0 Å². The summed E-state index contributed by atoms with van der Waals surface area (Å²) in [6.07, 6.45) is 2.06. The highest BCUT2D eigenvalue weighted by Crippen LogP contribution is 2.31. The molecule has 0 fully saturated rings. The number of aryl methyl sites for hydroxylation is 1. The van der Waals surface area contributed by atoms with Crippen molar-refractivity contribution >= 4 is 0 Å². The maximum Gasteiger partial charge on any atom is 0.199 e. The van der Waals surface area contributed by atoms with E-state index in [2.05, 4.69) is 40.0 Å². The van der Waals surface area contributed by atoms with Crippen LogP contribution in [0.3, 0.4) is 0 Å². The van der Waals surface area contributed by atoms with Crippen molar-refractivity contribution in [2.24, 2.45) is 0 Å². The number of ether oxygens (including phenoxy) is 2. The van der Waals surface area contributed by atoms with Crippen LogP contribution in [0, 0.1) is 6.92 Å². The van der Waals surface area contributed by atoms with E-state index in [1.165, 1.54) is 5.56 Å². The molecule has 112 valence electrons. The van der Waals surface area contributed by atoms with E-state index in [0.29, 0.717) is 5.75 Å². The predicted molar refractivity (Wildman–Crippen MR) is 82.7 cm³/mol. The quantitative estimate of drug-likeness (QED) is 0.814. The molecule has 1 aromatic carbocycles. The van der Waals surface area contributed by atoms with Gasteiger partial charge in [0, 0.05) is 37.0 Å². The Morgan fingerprint density at radius 2 is 1.67 bits per heavy atom. The van der Waals surface area contributed by atoms with E-state index in [0.717, 1.165) is 17.0 Å². The van der Waals surface area contributed by atoms with Crippen LogP contribution in [0.1, 0.15) is 26.3 Å². The largest absolute Gasteiger partial charge is 0.493 e. The third-order valence-electron chi connectivity index (χ3n) is 3.27. The molecule has 0 saturated heterocycles. The first kappa shape index (κ1) is 15.3. The molecule has 2 aromatic rings. The summed E-state index contributed by atoms with van der Waals surface area (Å²) >= 11 is 0. The number of nitrogens with zero attached hydrogens (tertiary/aromatic N) is 2. The second-order valence-electron chi connectivity index (χ2n) is 6.09. The van der Waals surface area contributed by atoms with Crippen LogP contribution >= 0.6 is 0 Å². The van der Waals surface area contributed by atoms with Crippen LogP contribution in [-0.4, -0.2) is 19.3 Å². The smallest absolute Gasteiger partial charge is 0.199 e. The lowest BCUT2D eigenvalue weighted by molar-refractivity contribution is -0.805. The Bertz CT molecular complexity index is 646. The van der Waals surface area contributed by atoms with Crippen LogP contribution in [0.15, 0.2) is 30.5 Å². The maximum atomic E-state index is 5.37. The molecule has 0 amide bonds. The fourth-order valence-corrected chi connectivity index (χ4v) is 2.10. The van der Waals surface area contributed by atoms with Crippen molar-refractivity contribution in [2.75, 3.05) is 14.2 Å². The van der Waals surface area contributed by atoms with Gasteiger partial charge in [-0.25, -0.2) is 0 Å². The molecule has 0 spiro atoms. The van der Waals surface area contributed by atoms with Gasteiger partial charge in [0.05, 0.1) is 14.2 Å². The number of rotatable bonds is 3. The third kappa shape index (κ3) is 3.32. The molecule has 2 rings (SSSR count). The van der Waals surface area contributed by atoms with Crippen LogP contribution < -0.4 is 14.2 Å². The Labute approximate surface area is 126 Å². The Kier molecular flexibility index (Phi) is 4.16. The zero-order valence-corrected chi connectivity index (χ0v) is 13.6. The van der Waals surface area contributed by atoms with Crippen LogP contribution in [-0.2, 0) is 5.54 Å². The highest BCUT2D eigenvalue weighted by molar-refractivity contribution is 5.63. The molecular weight excluding hydrogens is 264 g/mol. The fourth-order valence-electron chi connectivity index (χ4n) is 2.10. The normalized spacial score (nSPS) is 11.3. The van der Waals surface area contributed by atoms with Crippen LogP contribution in [0.25, 0.3) is 11.3 Å². The highest BCUT2D eigenvalue weighted by atomic mass is 16.5. The number of methoxy groups -OCH3 is 2. The molecule has 0 saturated carbocycles. The molecule has 0 radical (unpaired) electrons. The van der Waals surface area contributed by atoms with Crippen molar-refractivity contribution in [3.8, 4) is 22.8 Å². The van der Waals surface area contributed by atoms with E-state index >= 15 is 0 Å². The molecule has 0 aliphatic rings. The van der Waals surface area contributed by atoms with Gasteiger partial charge in [0.25, 0.3) is 0 Å². The van der Waals surface area contributed by atoms with E-state index < -0.39 is 0 Å². The standard InChI is InChI=1S/C17H23N2O2/c1-12-9-14(18-19(11-12)17(2,3)4)13-7-8-15(20-5)16(10-13)21-6/h7-11H,1-6H3/q+1. The Balaban J connectivity index is 2.54. The minimum atomic E-state index is -0.0582. The van der Waals surface area contributed by atoms with Crippen molar-refractivity contribution in [1.29, 1.82) is 0 Å². The molecule has 0 N–H and O–H groups in total. The van der Waals surface area contributed by atoms with E-state index in [1.54, 1.807) is 14.2 Å². The molecule has 4 heteroatoms. The molecule has 0 aliphatic heterocycles. The first-order chi connectivity index (χ1) is 9.85. The van der Waals surface area contributed by atoms with Gasteiger partial charge in [0.1, 0.15) is 5.69 Å². The Hall–Kier alpha value is -2.10. The van der Waals surface area contributed by atoms with Crippen LogP contribution in [0.5, 0.6) is 11.5 Å². The zero-order chi connectivity index (χ0) is 15.6. The molecule has 1 heterocycles. The number of benzene rings is 1. The van der Waals surface area contributed by atoms with Crippen LogP contribution in [0.4, 0.5) is 0 Å². The van der Waals surface area contributed by atoms with Gasteiger partial charge in [0.2, 0.25) is 0 Å². The molecular formula is C17H23N2O2+. The predicted octanol–water partition coefficient (Wildman–Crippen LogP) is 3.12. The lowest BCUT2D eigenvalue weighted by Gasteiger charge is -2.13. The van der Waals surface area contributed by atoms with Crippen molar-refractivity contribution in [1.82, 2.24) is 5.10 Å². The average molecular weight is 287 g/mol. The van der Waals surface area contributed by atoms with E-state index in [-0.39, 0.29) is 5.54 Å². The lowest BCUT2D eigenvalue weighted by atomic mass is 10.1. The summed E-state index contributed by atoms with van der Waals surface area (Å²) in [7, 11) is 3.27. The topological polar surface area (TPSA) is 35.2 Å². The first-order valence-corrected chi connectivity index (χ1v) is 6.98. The van der Waals surface area contributed by atoms with E-state index in [4.69, 9.17) is 14.6 Å². The van der Waals surface area contributed by atoms with Crippen molar-refractivity contribution in [3.63, 3.8) is 0 Å². The monoisotopic (exact) mass is 287 g/mol. The molecule has 4 nitrogen and oxygen atoms in total. The molecule has 0 aliphatic carbocycles. The van der Waals surface area contributed by atoms with Gasteiger partial charge in [-0.15, -0.1) is 0 Å². The van der Waals surface area contributed by atoms with E-state index in [9.17, 15) is 0 Å². The Morgan fingerprint density at radius 1 is 1.00 bits per heavy atom. The summed E-state index contributed by atoms with van der Waals surface area (Å²) in [6, 6.07) is 7.92. The SMILES string of the molecule is COc1ccc(-c2cc(C)c[n+](C(C)(C)C)n2)cc1OC. The summed E-state index contributed by atoms with van der Waals surface area (Å²) in [4.78, 5) is 0. The fraction of sp³-hybridized carbons (Fsp3) is 0.412. The second-order valence-corrected chi connectivity index (χ2v) is 6.09. The molecule has 0 bridgehead atoms. The number of hydrogen-bond donors (Lipinski definition) is 0. The van der Waals surface area contributed by atoms with Crippen molar-refractivity contribution < 1.29 is 14.2 Å². The summed E-state index contributed by atoms with van der Waals surface area (Å²) in [6.45, 7) is 8.49. The number of aromatic nitrogens is 2. The van der Waals surface area contributed by atoms with E-state index in [1.807, 2.05) is 22.9 Å². The van der Waals surface area contributed by atoms with Crippen LogP contribution in [0.2, 0.25) is 0 Å². The highest BCUT2D eigenvalue weighted by Gasteiger charge is 2.25. The molecule has 1 aromatic heterocycles. The van der Waals surface area contributed by atoms with Crippen molar-refractivity contribution in [2.45, 2.75) is 33.2 Å². The third-order valence-corrected chi connectivity index (χ3v) is 3.27. The molecule has 0 unspecified atom stereocenters. The Morgan fingerprint density at radius 3 is 2.24 bits per heavy atom. The first-order valence-electron chi connectivity index (χ1n) is 6.98. The zero-order valence-electron chi connectivity index (χ0n) is 13.6. The lowest BCUT2D eigenvalue weighted by Crippen LogP contribution is -2.53. The summed E-state index contributed by atoms with van der Waals surface area (Å²) < 4.78 is 12.6. The average Bonchev–Trinajstić information content (AvgIpc) is 2.45. The summed E-state index contributed by atoms with van der Waals surface area (Å²) in [5, 5.41) is 4.73.